The molecule has 2 unspecified atom stereocenters. The molecule has 1 aliphatic rings. The molecule has 1 fully saturated rings. The maximum absolute atomic E-state index is 9.63. The van der Waals surface area contributed by atoms with Crippen LogP contribution in [0.25, 0.3) is 0 Å². The van der Waals surface area contributed by atoms with Gasteiger partial charge in [0, 0.05) is 18.2 Å². The topological polar surface area (TPSA) is 41.5 Å². The van der Waals surface area contributed by atoms with Crippen LogP contribution in [-0.2, 0) is 6.54 Å². The maximum atomic E-state index is 9.63. The number of nitrogens with one attached hydrogen (secondary N) is 1. The van der Waals surface area contributed by atoms with E-state index in [1.54, 1.807) is 19.2 Å². The number of rotatable bonds is 4. The van der Waals surface area contributed by atoms with Crippen LogP contribution in [0.3, 0.4) is 0 Å². The van der Waals surface area contributed by atoms with Crippen molar-refractivity contribution in [3.8, 4) is 11.5 Å². The Bertz CT molecular complexity index is 351. The maximum Gasteiger partial charge on any atom is 0.120 e. The molecule has 0 bridgehead atoms. The third-order valence-corrected chi connectivity index (χ3v) is 2.95. The number of aromatic hydroxyl groups is 1. The van der Waals surface area contributed by atoms with Gasteiger partial charge >= 0.3 is 0 Å². The van der Waals surface area contributed by atoms with Crippen molar-refractivity contribution in [3.05, 3.63) is 23.8 Å². The molecule has 0 aliphatic heterocycles. The molecule has 0 aromatic heterocycles. The van der Waals surface area contributed by atoms with Gasteiger partial charge in [-0.2, -0.15) is 0 Å². The molecule has 0 amide bonds. The van der Waals surface area contributed by atoms with Crippen LogP contribution in [0.4, 0.5) is 0 Å². The number of ether oxygens (including phenoxy) is 1. The first-order chi connectivity index (χ1) is 7.20. The van der Waals surface area contributed by atoms with Crippen LogP contribution in [0.5, 0.6) is 11.5 Å². The van der Waals surface area contributed by atoms with Crippen molar-refractivity contribution in [1.29, 1.82) is 0 Å². The second-order valence-corrected chi connectivity index (χ2v) is 4.20. The SMILES string of the molecule is COc1ccc(O)c(CNC2CC2C)c1. The molecule has 1 saturated carbocycles. The van der Waals surface area contributed by atoms with Crippen LogP contribution >= 0.6 is 0 Å². The van der Waals surface area contributed by atoms with E-state index >= 15 is 0 Å². The Morgan fingerprint density at radius 2 is 2.27 bits per heavy atom. The van der Waals surface area contributed by atoms with Crippen molar-refractivity contribution in [2.45, 2.75) is 25.9 Å². The summed E-state index contributed by atoms with van der Waals surface area (Å²) in [6.45, 7) is 2.93. The van der Waals surface area contributed by atoms with Crippen molar-refractivity contribution < 1.29 is 9.84 Å². The number of hydrogen-bond donors (Lipinski definition) is 2. The van der Waals surface area contributed by atoms with Gasteiger partial charge in [0.1, 0.15) is 11.5 Å². The molecule has 2 atom stereocenters. The van der Waals surface area contributed by atoms with E-state index in [-0.39, 0.29) is 0 Å². The van der Waals surface area contributed by atoms with E-state index < -0.39 is 0 Å². The molecule has 82 valence electrons. The van der Waals surface area contributed by atoms with Gasteiger partial charge in [-0.05, 0) is 30.5 Å². The largest absolute Gasteiger partial charge is 0.508 e. The predicted octanol–water partition coefficient (Wildman–Crippen LogP) is 1.90. The second-order valence-electron chi connectivity index (χ2n) is 4.20. The van der Waals surface area contributed by atoms with E-state index in [0.717, 1.165) is 17.2 Å². The normalized spacial score (nSPS) is 23.9. The van der Waals surface area contributed by atoms with E-state index in [4.69, 9.17) is 4.74 Å². The summed E-state index contributed by atoms with van der Waals surface area (Å²) in [5.41, 5.74) is 0.897. The van der Waals surface area contributed by atoms with Crippen LogP contribution < -0.4 is 10.1 Å². The first-order valence-electron chi connectivity index (χ1n) is 5.30. The highest BCUT2D eigenvalue weighted by Gasteiger charge is 2.31. The highest BCUT2D eigenvalue weighted by atomic mass is 16.5. The third-order valence-electron chi connectivity index (χ3n) is 2.95. The number of benzene rings is 1. The van der Waals surface area contributed by atoms with E-state index in [1.807, 2.05) is 6.07 Å². The molecule has 1 aromatic rings. The highest BCUT2D eigenvalue weighted by molar-refractivity contribution is 5.39. The molecule has 0 heterocycles. The van der Waals surface area contributed by atoms with Crippen LogP contribution in [0, 0.1) is 5.92 Å². The van der Waals surface area contributed by atoms with Crippen molar-refractivity contribution in [1.82, 2.24) is 5.32 Å². The lowest BCUT2D eigenvalue weighted by molar-refractivity contribution is 0.410. The molecule has 1 aliphatic carbocycles. The minimum Gasteiger partial charge on any atom is -0.508 e. The molecule has 0 spiro atoms. The number of phenols is 1. The Kier molecular flexibility index (Phi) is 2.82. The molecule has 2 rings (SSSR count). The van der Waals surface area contributed by atoms with Gasteiger partial charge < -0.3 is 15.2 Å². The lowest BCUT2D eigenvalue weighted by atomic mass is 10.2. The average Bonchev–Trinajstić information content (AvgIpc) is 2.94. The summed E-state index contributed by atoms with van der Waals surface area (Å²) in [4.78, 5) is 0. The summed E-state index contributed by atoms with van der Waals surface area (Å²) >= 11 is 0. The first kappa shape index (κ1) is 10.3. The molecular weight excluding hydrogens is 190 g/mol. The molecule has 15 heavy (non-hydrogen) atoms. The number of methoxy groups -OCH3 is 1. The summed E-state index contributed by atoms with van der Waals surface area (Å²) in [6.07, 6.45) is 1.24. The van der Waals surface area contributed by atoms with Crippen molar-refractivity contribution in [2.75, 3.05) is 7.11 Å². The van der Waals surface area contributed by atoms with Crippen LogP contribution in [0.15, 0.2) is 18.2 Å². The number of phenolic OH excluding ortho intramolecular Hbond substituents is 1. The Labute approximate surface area is 90.1 Å². The van der Waals surface area contributed by atoms with Crippen LogP contribution in [0.1, 0.15) is 18.9 Å². The monoisotopic (exact) mass is 207 g/mol. The van der Waals surface area contributed by atoms with E-state index in [9.17, 15) is 5.11 Å². The van der Waals surface area contributed by atoms with Gasteiger partial charge in [-0.3, -0.25) is 0 Å². The summed E-state index contributed by atoms with van der Waals surface area (Å²) in [7, 11) is 1.63. The minimum atomic E-state index is 0.330. The van der Waals surface area contributed by atoms with Gasteiger partial charge in [0.05, 0.1) is 7.11 Å². The predicted molar refractivity (Wildman–Crippen MR) is 59.1 cm³/mol. The highest BCUT2D eigenvalue weighted by Crippen LogP contribution is 2.30. The Balaban J connectivity index is 1.99. The van der Waals surface area contributed by atoms with Crippen LogP contribution in [0.2, 0.25) is 0 Å². The average molecular weight is 207 g/mol. The first-order valence-corrected chi connectivity index (χ1v) is 5.30. The van der Waals surface area contributed by atoms with Gasteiger partial charge in [-0.1, -0.05) is 6.92 Å². The third kappa shape index (κ3) is 2.42. The molecule has 3 nitrogen and oxygen atoms in total. The van der Waals surface area contributed by atoms with Crippen LogP contribution in [-0.4, -0.2) is 18.3 Å². The number of hydrogen-bond acceptors (Lipinski definition) is 3. The van der Waals surface area contributed by atoms with E-state index in [1.165, 1.54) is 6.42 Å². The zero-order chi connectivity index (χ0) is 10.8. The minimum absolute atomic E-state index is 0.330. The Morgan fingerprint density at radius 3 is 2.87 bits per heavy atom. The van der Waals surface area contributed by atoms with Gasteiger partial charge in [0.2, 0.25) is 0 Å². The molecular formula is C12H17NO2. The lowest BCUT2D eigenvalue weighted by Gasteiger charge is -2.08. The summed E-state index contributed by atoms with van der Waals surface area (Å²) in [5.74, 6) is 1.89. The second kappa shape index (κ2) is 4.11. The van der Waals surface area contributed by atoms with Gasteiger partial charge in [0.15, 0.2) is 0 Å². The Morgan fingerprint density at radius 1 is 1.53 bits per heavy atom. The van der Waals surface area contributed by atoms with Crippen molar-refractivity contribution >= 4 is 0 Å². The lowest BCUT2D eigenvalue weighted by Crippen LogP contribution is -2.17. The van der Waals surface area contributed by atoms with E-state index in [0.29, 0.717) is 18.3 Å². The fourth-order valence-electron chi connectivity index (χ4n) is 1.68. The van der Waals surface area contributed by atoms with Gasteiger partial charge in [-0.15, -0.1) is 0 Å². The zero-order valence-corrected chi connectivity index (χ0v) is 9.16. The van der Waals surface area contributed by atoms with Gasteiger partial charge in [-0.25, -0.2) is 0 Å². The summed E-state index contributed by atoms with van der Waals surface area (Å²) in [6, 6.07) is 5.93. The van der Waals surface area contributed by atoms with Gasteiger partial charge in [0.25, 0.3) is 0 Å². The molecule has 0 radical (unpaired) electrons. The van der Waals surface area contributed by atoms with Crippen molar-refractivity contribution in [3.63, 3.8) is 0 Å². The molecule has 1 aromatic carbocycles. The standard InChI is InChI=1S/C12H17NO2/c1-8-5-11(8)13-7-9-6-10(15-2)3-4-12(9)14/h3-4,6,8,11,13-14H,5,7H2,1-2H3. The van der Waals surface area contributed by atoms with Crippen molar-refractivity contribution in [2.24, 2.45) is 5.92 Å². The molecule has 3 heteroatoms. The zero-order valence-electron chi connectivity index (χ0n) is 9.16. The Hall–Kier alpha value is -1.22. The fourth-order valence-corrected chi connectivity index (χ4v) is 1.68. The summed E-state index contributed by atoms with van der Waals surface area (Å²) < 4.78 is 5.11. The smallest absolute Gasteiger partial charge is 0.120 e. The molecule has 0 saturated heterocycles. The summed E-state index contributed by atoms with van der Waals surface area (Å²) in [5, 5.41) is 13.0. The fraction of sp³-hybridized carbons (Fsp3) is 0.500. The molecule has 2 N–H and O–H groups in total. The quantitative estimate of drug-likeness (QED) is 0.792. The van der Waals surface area contributed by atoms with E-state index in [2.05, 4.69) is 12.2 Å².